The highest BCUT2D eigenvalue weighted by Gasteiger charge is 2.16. The molecule has 1 N–H and O–H groups in total. The maximum atomic E-state index is 12.0. The molecule has 0 bridgehead atoms. The summed E-state index contributed by atoms with van der Waals surface area (Å²) in [6.07, 6.45) is 1.07. The summed E-state index contributed by atoms with van der Waals surface area (Å²) in [6, 6.07) is 13.7. The van der Waals surface area contributed by atoms with Gasteiger partial charge in [0, 0.05) is 25.0 Å². The summed E-state index contributed by atoms with van der Waals surface area (Å²) in [6.45, 7) is 3.04. The zero-order valence-electron chi connectivity index (χ0n) is 12.9. The number of nitrogens with zero attached hydrogens (tertiary/aromatic N) is 1. The number of nitrogens with one attached hydrogen (secondary N) is 1. The molecule has 0 aliphatic carbocycles. The molecule has 114 valence electrons. The van der Waals surface area contributed by atoms with Crippen LogP contribution in [0.1, 0.15) is 11.1 Å². The van der Waals surface area contributed by atoms with Crippen molar-refractivity contribution < 1.29 is 9.53 Å². The van der Waals surface area contributed by atoms with Crippen molar-refractivity contribution in [3.05, 3.63) is 53.6 Å². The fourth-order valence-corrected chi connectivity index (χ4v) is 2.67. The van der Waals surface area contributed by atoms with Crippen molar-refractivity contribution >= 4 is 17.3 Å². The predicted molar refractivity (Wildman–Crippen MR) is 88.7 cm³/mol. The van der Waals surface area contributed by atoms with Crippen LogP contribution in [0.15, 0.2) is 42.5 Å². The van der Waals surface area contributed by atoms with Gasteiger partial charge in [0.1, 0.15) is 5.75 Å². The number of benzene rings is 2. The van der Waals surface area contributed by atoms with Crippen LogP contribution in [0.3, 0.4) is 0 Å². The predicted octanol–water partition coefficient (Wildman–Crippen LogP) is 3.00. The van der Waals surface area contributed by atoms with E-state index in [0.717, 1.165) is 24.2 Å². The van der Waals surface area contributed by atoms with Crippen LogP contribution < -0.4 is 15.0 Å². The van der Waals surface area contributed by atoms with Crippen molar-refractivity contribution in [2.45, 2.75) is 13.3 Å². The molecule has 0 unspecified atom stereocenters. The SMILES string of the molecule is Cc1cccc(OCC(=O)Nc2ccc3c(c2)N(C)CC3)c1. The molecule has 22 heavy (non-hydrogen) atoms. The van der Waals surface area contributed by atoms with Crippen molar-refractivity contribution in [1.82, 2.24) is 0 Å². The van der Waals surface area contributed by atoms with Gasteiger partial charge in [-0.1, -0.05) is 18.2 Å². The van der Waals surface area contributed by atoms with Gasteiger partial charge < -0.3 is 15.0 Å². The Hall–Kier alpha value is -2.49. The van der Waals surface area contributed by atoms with Crippen molar-refractivity contribution in [1.29, 1.82) is 0 Å². The van der Waals surface area contributed by atoms with E-state index in [1.807, 2.05) is 43.3 Å². The van der Waals surface area contributed by atoms with Gasteiger partial charge in [0.2, 0.25) is 0 Å². The van der Waals surface area contributed by atoms with E-state index in [9.17, 15) is 4.79 Å². The van der Waals surface area contributed by atoms with Crippen LogP contribution in [0.25, 0.3) is 0 Å². The Balaban J connectivity index is 1.59. The average molecular weight is 296 g/mol. The lowest BCUT2D eigenvalue weighted by Crippen LogP contribution is -2.20. The number of aryl methyl sites for hydroxylation is 1. The van der Waals surface area contributed by atoms with E-state index in [1.165, 1.54) is 11.3 Å². The molecule has 1 heterocycles. The first-order valence-electron chi connectivity index (χ1n) is 7.45. The topological polar surface area (TPSA) is 41.6 Å². The van der Waals surface area contributed by atoms with Gasteiger partial charge in [-0.05, 0) is 48.7 Å². The maximum absolute atomic E-state index is 12.0. The number of fused-ring (bicyclic) bond motifs is 1. The average Bonchev–Trinajstić information content (AvgIpc) is 2.87. The lowest BCUT2D eigenvalue weighted by molar-refractivity contribution is -0.118. The Morgan fingerprint density at radius 1 is 1.27 bits per heavy atom. The molecule has 0 saturated carbocycles. The first kappa shape index (κ1) is 14.4. The molecule has 0 radical (unpaired) electrons. The third kappa shape index (κ3) is 3.22. The fraction of sp³-hybridized carbons (Fsp3) is 0.278. The van der Waals surface area contributed by atoms with Gasteiger partial charge in [-0.3, -0.25) is 4.79 Å². The first-order chi connectivity index (χ1) is 10.6. The van der Waals surface area contributed by atoms with Crippen LogP contribution in [0, 0.1) is 6.92 Å². The molecule has 4 nitrogen and oxygen atoms in total. The molecule has 2 aromatic carbocycles. The minimum Gasteiger partial charge on any atom is -0.484 e. The molecule has 0 saturated heterocycles. The molecular formula is C18H20N2O2. The highest BCUT2D eigenvalue weighted by molar-refractivity contribution is 5.92. The third-order valence-electron chi connectivity index (χ3n) is 3.86. The summed E-state index contributed by atoms with van der Waals surface area (Å²) in [5.74, 6) is 0.561. The zero-order valence-corrected chi connectivity index (χ0v) is 12.9. The standard InChI is InChI=1S/C18H20N2O2/c1-13-4-3-5-16(10-13)22-12-18(21)19-15-7-6-14-8-9-20(2)17(14)11-15/h3-7,10-11H,8-9,12H2,1-2H3,(H,19,21). The van der Waals surface area contributed by atoms with E-state index in [2.05, 4.69) is 23.3 Å². The number of hydrogen-bond donors (Lipinski definition) is 1. The molecule has 4 heteroatoms. The normalized spacial score (nSPS) is 12.9. The number of hydrogen-bond acceptors (Lipinski definition) is 3. The Kier molecular flexibility index (Phi) is 4.00. The minimum atomic E-state index is -0.151. The number of likely N-dealkylation sites (N-methyl/N-ethyl adjacent to an activating group) is 1. The Morgan fingerprint density at radius 2 is 2.14 bits per heavy atom. The Bertz CT molecular complexity index is 697. The smallest absolute Gasteiger partial charge is 0.262 e. The second-order valence-electron chi connectivity index (χ2n) is 5.67. The molecule has 0 spiro atoms. The highest BCUT2D eigenvalue weighted by atomic mass is 16.5. The molecule has 0 aromatic heterocycles. The lowest BCUT2D eigenvalue weighted by atomic mass is 10.1. The lowest BCUT2D eigenvalue weighted by Gasteiger charge is -2.14. The highest BCUT2D eigenvalue weighted by Crippen LogP contribution is 2.29. The minimum absolute atomic E-state index is 0.0103. The summed E-state index contributed by atoms with van der Waals surface area (Å²) in [4.78, 5) is 14.2. The number of rotatable bonds is 4. The Morgan fingerprint density at radius 3 is 2.95 bits per heavy atom. The number of carbonyl (C=O) groups is 1. The second-order valence-corrected chi connectivity index (χ2v) is 5.67. The van der Waals surface area contributed by atoms with Crippen LogP contribution in [-0.4, -0.2) is 26.1 Å². The molecular weight excluding hydrogens is 276 g/mol. The molecule has 0 atom stereocenters. The number of carbonyl (C=O) groups excluding carboxylic acids is 1. The number of anilines is 2. The molecule has 3 rings (SSSR count). The van der Waals surface area contributed by atoms with Gasteiger partial charge in [0.15, 0.2) is 6.61 Å². The summed E-state index contributed by atoms with van der Waals surface area (Å²) in [7, 11) is 2.07. The summed E-state index contributed by atoms with van der Waals surface area (Å²) < 4.78 is 5.51. The van der Waals surface area contributed by atoms with Crippen molar-refractivity contribution in [2.75, 3.05) is 30.4 Å². The van der Waals surface area contributed by atoms with Gasteiger partial charge >= 0.3 is 0 Å². The van der Waals surface area contributed by atoms with E-state index in [-0.39, 0.29) is 12.5 Å². The maximum Gasteiger partial charge on any atom is 0.262 e. The Labute approximate surface area is 130 Å². The summed E-state index contributed by atoms with van der Waals surface area (Å²) in [5, 5.41) is 2.89. The van der Waals surface area contributed by atoms with E-state index < -0.39 is 0 Å². The second kappa shape index (κ2) is 6.10. The molecule has 1 aliphatic rings. The first-order valence-corrected chi connectivity index (χ1v) is 7.45. The van der Waals surface area contributed by atoms with Crippen LogP contribution in [0.5, 0.6) is 5.75 Å². The summed E-state index contributed by atoms with van der Waals surface area (Å²) >= 11 is 0. The van der Waals surface area contributed by atoms with Gasteiger partial charge in [-0.2, -0.15) is 0 Å². The van der Waals surface area contributed by atoms with Crippen molar-refractivity contribution in [2.24, 2.45) is 0 Å². The molecule has 0 fully saturated rings. The zero-order chi connectivity index (χ0) is 15.5. The van der Waals surface area contributed by atoms with Crippen molar-refractivity contribution in [3.63, 3.8) is 0 Å². The van der Waals surface area contributed by atoms with Gasteiger partial charge in [0.25, 0.3) is 5.91 Å². The van der Waals surface area contributed by atoms with Crippen LogP contribution in [-0.2, 0) is 11.2 Å². The molecule has 1 amide bonds. The van der Waals surface area contributed by atoms with Crippen LogP contribution >= 0.6 is 0 Å². The van der Waals surface area contributed by atoms with E-state index in [0.29, 0.717) is 5.75 Å². The number of amides is 1. The molecule has 1 aliphatic heterocycles. The van der Waals surface area contributed by atoms with E-state index >= 15 is 0 Å². The van der Waals surface area contributed by atoms with E-state index in [4.69, 9.17) is 4.74 Å². The van der Waals surface area contributed by atoms with Crippen molar-refractivity contribution in [3.8, 4) is 5.75 Å². The van der Waals surface area contributed by atoms with Crippen LogP contribution in [0.4, 0.5) is 11.4 Å². The molecule has 2 aromatic rings. The van der Waals surface area contributed by atoms with Gasteiger partial charge in [-0.15, -0.1) is 0 Å². The van der Waals surface area contributed by atoms with Gasteiger partial charge in [0.05, 0.1) is 0 Å². The quantitative estimate of drug-likeness (QED) is 0.943. The largest absolute Gasteiger partial charge is 0.484 e. The monoisotopic (exact) mass is 296 g/mol. The fourth-order valence-electron chi connectivity index (χ4n) is 2.67. The van der Waals surface area contributed by atoms with Crippen LogP contribution in [0.2, 0.25) is 0 Å². The van der Waals surface area contributed by atoms with Gasteiger partial charge in [-0.25, -0.2) is 0 Å². The summed E-state index contributed by atoms with van der Waals surface area (Å²) in [5.41, 5.74) is 4.44. The van der Waals surface area contributed by atoms with E-state index in [1.54, 1.807) is 0 Å². The number of ether oxygens (including phenoxy) is 1. The third-order valence-corrected chi connectivity index (χ3v) is 3.86.